The van der Waals surface area contributed by atoms with Gasteiger partial charge in [-0.25, -0.2) is 4.98 Å². The highest BCUT2D eigenvalue weighted by Gasteiger charge is 2.15. The molecule has 0 fully saturated rings. The van der Waals surface area contributed by atoms with Crippen LogP contribution >= 0.6 is 11.8 Å². The lowest BCUT2D eigenvalue weighted by Crippen LogP contribution is -2.02. The summed E-state index contributed by atoms with van der Waals surface area (Å²) in [5.41, 5.74) is 2.58. The second kappa shape index (κ2) is 8.44. The van der Waals surface area contributed by atoms with Gasteiger partial charge in [0.15, 0.2) is 11.0 Å². The third-order valence-corrected chi connectivity index (χ3v) is 5.13. The molecule has 6 nitrogen and oxygen atoms in total. The predicted molar refractivity (Wildman–Crippen MR) is 107 cm³/mol. The Kier molecular flexibility index (Phi) is 5.57. The topological polar surface area (TPSA) is 57.2 Å². The van der Waals surface area contributed by atoms with Gasteiger partial charge in [0.25, 0.3) is 0 Å². The van der Waals surface area contributed by atoms with Gasteiger partial charge in [-0.2, -0.15) is 8.78 Å². The van der Waals surface area contributed by atoms with E-state index in [9.17, 15) is 8.78 Å². The highest BCUT2D eigenvalue weighted by atomic mass is 32.2. The predicted octanol–water partition coefficient (Wildman–Crippen LogP) is 4.67. The zero-order valence-corrected chi connectivity index (χ0v) is 16.1. The molecule has 3 heterocycles. The molecule has 0 saturated carbocycles. The van der Waals surface area contributed by atoms with Gasteiger partial charge in [-0.3, -0.25) is 4.57 Å². The fourth-order valence-electron chi connectivity index (χ4n) is 2.88. The van der Waals surface area contributed by atoms with E-state index in [0.717, 1.165) is 22.1 Å². The fraction of sp³-hybridized carbons (Fsp3) is 0.150. The van der Waals surface area contributed by atoms with Crippen LogP contribution in [0, 0.1) is 0 Å². The van der Waals surface area contributed by atoms with Crippen LogP contribution in [0.4, 0.5) is 8.78 Å². The Hall–Kier alpha value is -3.20. The van der Waals surface area contributed by atoms with Crippen molar-refractivity contribution in [1.82, 2.24) is 24.1 Å². The number of alkyl halides is 2. The van der Waals surface area contributed by atoms with E-state index >= 15 is 0 Å². The van der Waals surface area contributed by atoms with Gasteiger partial charge in [0.05, 0.1) is 5.69 Å². The molecule has 4 rings (SSSR count). The Bertz CT molecular complexity index is 1090. The van der Waals surface area contributed by atoms with Crippen molar-refractivity contribution in [2.45, 2.75) is 24.1 Å². The summed E-state index contributed by atoms with van der Waals surface area (Å²) in [7, 11) is 0. The Balaban J connectivity index is 1.55. The average Bonchev–Trinajstić information content (AvgIpc) is 3.30. The first-order valence-electron chi connectivity index (χ1n) is 8.79. The molecule has 3 aromatic heterocycles. The van der Waals surface area contributed by atoms with Crippen LogP contribution in [0.5, 0.6) is 5.75 Å². The van der Waals surface area contributed by atoms with Crippen LogP contribution in [0.15, 0.2) is 72.7 Å². The normalized spacial score (nSPS) is 11.3. The number of pyridine rings is 1. The minimum atomic E-state index is -2.85. The second-order valence-corrected chi connectivity index (χ2v) is 7.04. The lowest BCUT2D eigenvalue weighted by molar-refractivity contribution is -0.0498. The zero-order valence-electron chi connectivity index (χ0n) is 15.3. The Morgan fingerprint density at radius 2 is 1.97 bits per heavy atom. The molecule has 0 aliphatic carbocycles. The summed E-state index contributed by atoms with van der Waals surface area (Å²) in [6, 6.07) is 12.2. The molecular weight excluding hydrogens is 396 g/mol. The smallest absolute Gasteiger partial charge is 0.387 e. The first-order chi connectivity index (χ1) is 14.1. The highest BCUT2D eigenvalue weighted by Crippen LogP contribution is 2.28. The summed E-state index contributed by atoms with van der Waals surface area (Å²) >= 11 is 1.52. The summed E-state index contributed by atoms with van der Waals surface area (Å²) in [5, 5.41) is 9.30. The number of halogens is 2. The molecule has 0 spiro atoms. The van der Waals surface area contributed by atoms with Crippen molar-refractivity contribution in [2.75, 3.05) is 0 Å². The maximum absolute atomic E-state index is 12.3. The minimum Gasteiger partial charge on any atom is -0.435 e. The van der Waals surface area contributed by atoms with Crippen LogP contribution in [0.25, 0.3) is 17.0 Å². The average molecular weight is 413 g/mol. The van der Waals surface area contributed by atoms with Crippen LogP contribution in [-0.2, 0) is 12.3 Å². The molecule has 1 aromatic carbocycles. The largest absolute Gasteiger partial charge is 0.435 e. The molecule has 0 amide bonds. The van der Waals surface area contributed by atoms with E-state index in [-0.39, 0.29) is 5.75 Å². The van der Waals surface area contributed by atoms with Gasteiger partial charge in [0.2, 0.25) is 0 Å². The summed E-state index contributed by atoms with van der Waals surface area (Å²) < 4.78 is 33.0. The van der Waals surface area contributed by atoms with Crippen molar-refractivity contribution < 1.29 is 13.5 Å². The first kappa shape index (κ1) is 19.1. The van der Waals surface area contributed by atoms with Crippen molar-refractivity contribution in [3.05, 3.63) is 73.2 Å². The standard InChI is InChI=1S/C20H17F2N5OS/c1-2-10-27-18(14-6-8-16(9-7-14)28-19(21)22)24-25-20(27)29-13-15-12-26-11-4-3-5-17(26)23-15/h2-9,11-12,19H,1,10,13H2. The number of aromatic nitrogens is 5. The number of fused-ring (bicyclic) bond motifs is 1. The van der Waals surface area contributed by atoms with Gasteiger partial charge in [-0.15, -0.1) is 16.8 Å². The first-order valence-corrected chi connectivity index (χ1v) is 9.77. The Morgan fingerprint density at radius 1 is 1.14 bits per heavy atom. The van der Waals surface area contributed by atoms with Crippen molar-refractivity contribution in [2.24, 2.45) is 0 Å². The Morgan fingerprint density at radius 3 is 2.69 bits per heavy atom. The number of hydrogen-bond donors (Lipinski definition) is 0. The molecule has 0 N–H and O–H groups in total. The molecule has 29 heavy (non-hydrogen) atoms. The number of hydrogen-bond acceptors (Lipinski definition) is 5. The molecule has 148 valence electrons. The van der Waals surface area contributed by atoms with Crippen LogP contribution in [0.1, 0.15) is 5.69 Å². The highest BCUT2D eigenvalue weighted by molar-refractivity contribution is 7.98. The van der Waals surface area contributed by atoms with Crippen molar-refractivity contribution >= 4 is 17.4 Å². The van der Waals surface area contributed by atoms with Gasteiger partial charge in [-0.05, 0) is 36.4 Å². The molecule has 0 unspecified atom stereocenters. The lowest BCUT2D eigenvalue weighted by Gasteiger charge is -2.08. The number of allylic oxidation sites excluding steroid dienone is 1. The zero-order chi connectivity index (χ0) is 20.2. The van der Waals surface area contributed by atoms with Crippen molar-refractivity contribution in [3.63, 3.8) is 0 Å². The molecule has 0 radical (unpaired) electrons. The van der Waals surface area contributed by atoms with Crippen LogP contribution in [0.2, 0.25) is 0 Å². The van der Waals surface area contributed by atoms with Crippen LogP contribution < -0.4 is 4.74 Å². The molecular formula is C20H17F2N5OS. The number of ether oxygens (including phenoxy) is 1. The van der Waals surface area contributed by atoms with Gasteiger partial charge >= 0.3 is 6.61 Å². The number of benzene rings is 1. The SMILES string of the molecule is C=CCn1c(SCc2cn3ccccc3n2)nnc1-c1ccc(OC(F)F)cc1. The maximum Gasteiger partial charge on any atom is 0.387 e. The summed E-state index contributed by atoms with van der Waals surface area (Å²) in [6.07, 6.45) is 5.70. The van der Waals surface area contributed by atoms with E-state index in [2.05, 4.69) is 26.5 Å². The molecule has 0 bridgehead atoms. The van der Waals surface area contributed by atoms with Crippen LogP contribution in [-0.4, -0.2) is 30.8 Å². The second-order valence-electron chi connectivity index (χ2n) is 6.10. The molecule has 0 saturated heterocycles. The third kappa shape index (κ3) is 4.29. The number of rotatable bonds is 8. The minimum absolute atomic E-state index is 0.0972. The van der Waals surface area contributed by atoms with E-state index in [1.54, 1.807) is 18.2 Å². The third-order valence-electron chi connectivity index (χ3n) is 4.13. The van der Waals surface area contributed by atoms with Gasteiger partial charge in [-0.1, -0.05) is 23.9 Å². The van der Waals surface area contributed by atoms with Gasteiger partial charge in [0.1, 0.15) is 11.4 Å². The molecule has 4 aromatic rings. The van der Waals surface area contributed by atoms with E-state index in [4.69, 9.17) is 0 Å². The number of thioether (sulfide) groups is 1. The summed E-state index contributed by atoms with van der Waals surface area (Å²) in [6.45, 7) is 1.47. The maximum atomic E-state index is 12.3. The number of imidazole rings is 1. The van der Waals surface area contributed by atoms with Gasteiger partial charge < -0.3 is 9.14 Å². The van der Waals surface area contributed by atoms with E-state index in [0.29, 0.717) is 18.1 Å². The monoisotopic (exact) mass is 413 g/mol. The molecule has 0 aliphatic heterocycles. The fourth-order valence-corrected chi connectivity index (χ4v) is 3.71. The van der Waals surface area contributed by atoms with Crippen molar-refractivity contribution in [1.29, 1.82) is 0 Å². The summed E-state index contributed by atoms with van der Waals surface area (Å²) in [5.74, 6) is 1.36. The number of nitrogens with zero attached hydrogens (tertiary/aromatic N) is 5. The van der Waals surface area contributed by atoms with Gasteiger partial charge in [0, 0.05) is 30.3 Å². The summed E-state index contributed by atoms with van der Waals surface area (Å²) in [4.78, 5) is 4.59. The van der Waals surface area contributed by atoms with E-state index < -0.39 is 6.61 Å². The lowest BCUT2D eigenvalue weighted by atomic mass is 10.2. The molecule has 0 aliphatic rings. The van der Waals surface area contributed by atoms with E-state index in [1.807, 2.05) is 39.6 Å². The molecule has 9 heteroatoms. The van der Waals surface area contributed by atoms with Crippen molar-refractivity contribution in [3.8, 4) is 17.1 Å². The molecule has 0 atom stereocenters. The Labute approximate surface area is 169 Å². The van der Waals surface area contributed by atoms with E-state index in [1.165, 1.54) is 23.9 Å². The van der Waals surface area contributed by atoms with Crippen LogP contribution in [0.3, 0.4) is 0 Å². The quantitative estimate of drug-likeness (QED) is 0.310.